The van der Waals surface area contributed by atoms with Crippen LogP contribution in [-0.4, -0.2) is 26.2 Å². The van der Waals surface area contributed by atoms with Gasteiger partial charge in [-0.15, -0.1) is 0 Å². The summed E-state index contributed by atoms with van der Waals surface area (Å²) in [7, 11) is 0. The molecule has 0 atom stereocenters. The van der Waals surface area contributed by atoms with Gasteiger partial charge in [0.25, 0.3) is 5.56 Å². The van der Waals surface area contributed by atoms with Gasteiger partial charge in [-0.05, 0) is 0 Å². The van der Waals surface area contributed by atoms with E-state index >= 15 is 0 Å². The minimum atomic E-state index is -1.07. The van der Waals surface area contributed by atoms with Crippen LogP contribution in [0.5, 0.6) is 0 Å². The molecule has 6 heteroatoms. The summed E-state index contributed by atoms with van der Waals surface area (Å²) in [4.78, 5) is 27.1. The molecule has 1 aromatic rings. The van der Waals surface area contributed by atoms with Gasteiger partial charge < -0.3 is 15.2 Å². The number of nitrogens with one attached hydrogen (secondary N) is 1. The Balaban J connectivity index is 3.01. The first-order valence-corrected chi connectivity index (χ1v) is 3.53. The predicted octanol–water partition coefficient (Wildman–Crippen LogP) is -1.11. The molecule has 3 N–H and O–H groups in total. The molecule has 70 valence electrons. The van der Waals surface area contributed by atoms with Gasteiger partial charge in [-0.1, -0.05) is 0 Å². The molecule has 0 aliphatic carbocycles. The van der Waals surface area contributed by atoms with Crippen LogP contribution in [0.1, 0.15) is 11.5 Å². The van der Waals surface area contributed by atoms with Gasteiger partial charge in [-0.2, -0.15) is 0 Å². The number of aliphatic carboxylic acids is 1. The van der Waals surface area contributed by atoms with E-state index in [1.165, 1.54) is 0 Å². The first-order chi connectivity index (χ1) is 6.11. The summed E-state index contributed by atoms with van der Waals surface area (Å²) in [5.41, 5.74) is -0.324. The molecular weight excluding hydrogens is 176 g/mol. The lowest BCUT2D eigenvalue weighted by molar-refractivity contribution is -0.136. The van der Waals surface area contributed by atoms with Gasteiger partial charge in [0.2, 0.25) is 0 Å². The van der Waals surface area contributed by atoms with Crippen molar-refractivity contribution in [1.29, 1.82) is 0 Å². The lowest BCUT2D eigenvalue weighted by atomic mass is 10.3. The highest BCUT2D eigenvalue weighted by molar-refractivity contribution is 5.69. The van der Waals surface area contributed by atoms with Crippen molar-refractivity contribution in [3.63, 3.8) is 0 Å². The molecule has 1 heterocycles. The van der Waals surface area contributed by atoms with Gasteiger partial charge in [0.15, 0.2) is 0 Å². The molecule has 6 nitrogen and oxygen atoms in total. The van der Waals surface area contributed by atoms with E-state index in [2.05, 4.69) is 9.97 Å². The number of carbonyl (C=O) groups is 1. The Hall–Kier alpha value is -1.69. The van der Waals surface area contributed by atoms with Crippen LogP contribution < -0.4 is 5.56 Å². The number of nitrogens with zero attached hydrogens (tertiary/aromatic N) is 1. The topological polar surface area (TPSA) is 103 Å². The van der Waals surface area contributed by atoms with Crippen molar-refractivity contribution in [2.75, 3.05) is 0 Å². The monoisotopic (exact) mass is 184 g/mol. The van der Waals surface area contributed by atoms with Crippen LogP contribution in [0.25, 0.3) is 0 Å². The van der Waals surface area contributed by atoms with Crippen molar-refractivity contribution in [2.45, 2.75) is 13.0 Å². The molecule has 0 saturated heterocycles. The van der Waals surface area contributed by atoms with Crippen LogP contribution in [0.15, 0.2) is 10.9 Å². The van der Waals surface area contributed by atoms with Gasteiger partial charge in [0, 0.05) is 6.07 Å². The SMILES string of the molecule is O=C(O)Cc1cc(=O)[nH]c(CO)n1. The Morgan fingerprint density at radius 3 is 2.85 bits per heavy atom. The van der Waals surface area contributed by atoms with Gasteiger partial charge >= 0.3 is 5.97 Å². The van der Waals surface area contributed by atoms with Gasteiger partial charge in [0.1, 0.15) is 12.4 Å². The van der Waals surface area contributed by atoms with Crippen molar-refractivity contribution in [2.24, 2.45) is 0 Å². The van der Waals surface area contributed by atoms with Gasteiger partial charge in [-0.3, -0.25) is 9.59 Å². The summed E-state index contributed by atoms with van der Waals surface area (Å²) in [6.45, 7) is -0.414. The van der Waals surface area contributed by atoms with E-state index in [9.17, 15) is 9.59 Å². The van der Waals surface area contributed by atoms with Gasteiger partial charge in [-0.25, -0.2) is 4.98 Å². The number of carboxylic acids is 1. The first kappa shape index (κ1) is 9.40. The van der Waals surface area contributed by atoms with Crippen molar-refractivity contribution in [3.05, 3.63) is 27.9 Å². The third-order valence-corrected chi connectivity index (χ3v) is 1.33. The molecule has 0 bridgehead atoms. The summed E-state index contributed by atoms with van der Waals surface area (Å²) in [5, 5.41) is 17.0. The second-order valence-electron chi connectivity index (χ2n) is 2.41. The number of aromatic nitrogens is 2. The third kappa shape index (κ3) is 2.68. The fourth-order valence-corrected chi connectivity index (χ4v) is 0.884. The van der Waals surface area contributed by atoms with Crippen LogP contribution in [0.4, 0.5) is 0 Å². The van der Waals surface area contributed by atoms with Crippen molar-refractivity contribution >= 4 is 5.97 Å². The lowest BCUT2D eigenvalue weighted by Crippen LogP contribution is -2.14. The Morgan fingerprint density at radius 2 is 2.31 bits per heavy atom. The molecule has 0 fully saturated rings. The zero-order chi connectivity index (χ0) is 9.84. The van der Waals surface area contributed by atoms with E-state index < -0.39 is 18.1 Å². The van der Waals surface area contributed by atoms with E-state index in [0.29, 0.717) is 0 Å². The largest absolute Gasteiger partial charge is 0.481 e. The number of aliphatic hydroxyl groups is 1. The fraction of sp³-hybridized carbons (Fsp3) is 0.286. The molecule has 0 radical (unpaired) electrons. The molecule has 13 heavy (non-hydrogen) atoms. The number of hydrogen-bond donors (Lipinski definition) is 3. The predicted molar refractivity (Wildman–Crippen MR) is 42.1 cm³/mol. The average Bonchev–Trinajstić information content (AvgIpc) is 2.01. The van der Waals surface area contributed by atoms with Crippen LogP contribution in [-0.2, 0) is 17.8 Å². The number of H-pyrrole nitrogens is 1. The first-order valence-electron chi connectivity index (χ1n) is 3.53. The van der Waals surface area contributed by atoms with Crippen LogP contribution in [0.2, 0.25) is 0 Å². The highest BCUT2D eigenvalue weighted by Crippen LogP contribution is 1.93. The summed E-state index contributed by atoms with van der Waals surface area (Å²) in [6.07, 6.45) is -0.323. The molecule has 0 aliphatic heterocycles. The molecule has 0 aromatic carbocycles. The summed E-state index contributed by atoms with van der Waals surface area (Å²) >= 11 is 0. The maximum atomic E-state index is 10.9. The average molecular weight is 184 g/mol. The smallest absolute Gasteiger partial charge is 0.309 e. The zero-order valence-corrected chi connectivity index (χ0v) is 6.65. The van der Waals surface area contributed by atoms with Gasteiger partial charge in [0.05, 0.1) is 12.1 Å². The highest BCUT2D eigenvalue weighted by atomic mass is 16.4. The number of aromatic amines is 1. The normalized spacial score (nSPS) is 9.92. The molecule has 0 spiro atoms. The minimum Gasteiger partial charge on any atom is -0.481 e. The summed E-state index contributed by atoms with van der Waals surface area (Å²) in [5.74, 6) is -0.995. The molecule has 1 aromatic heterocycles. The Morgan fingerprint density at radius 1 is 1.62 bits per heavy atom. The Bertz CT molecular complexity index is 371. The maximum absolute atomic E-state index is 10.9. The number of carboxylic acid groups (broad SMARTS) is 1. The molecule has 0 unspecified atom stereocenters. The summed E-state index contributed by atoms with van der Waals surface area (Å²) < 4.78 is 0. The fourth-order valence-electron chi connectivity index (χ4n) is 0.884. The number of hydrogen-bond acceptors (Lipinski definition) is 4. The molecule has 0 saturated carbocycles. The van der Waals surface area contributed by atoms with Crippen LogP contribution >= 0.6 is 0 Å². The van der Waals surface area contributed by atoms with E-state index in [1.54, 1.807) is 0 Å². The molecule has 0 aliphatic rings. The molecule has 0 amide bonds. The standard InChI is InChI=1S/C7H8N2O4/c10-3-5-8-4(2-7(12)13)1-6(11)9-5/h1,10H,2-3H2,(H,12,13)(H,8,9,11). The van der Waals surface area contributed by atoms with E-state index in [1.807, 2.05) is 0 Å². The van der Waals surface area contributed by atoms with Crippen molar-refractivity contribution < 1.29 is 15.0 Å². The molecular formula is C7H8N2O4. The third-order valence-electron chi connectivity index (χ3n) is 1.33. The van der Waals surface area contributed by atoms with E-state index in [4.69, 9.17) is 10.2 Å². The van der Waals surface area contributed by atoms with Crippen LogP contribution in [0.3, 0.4) is 0 Å². The second kappa shape index (κ2) is 3.81. The van der Waals surface area contributed by atoms with E-state index in [-0.39, 0.29) is 17.9 Å². The Labute approximate surface area is 72.9 Å². The van der Waals surface area contributed by atoms with E-state index in [0.717, 1.165) is 6.07 Å². The maximum Gasteiger partial charge on any atom is 0.309 e. The zero-order valence-electron chi connectivity index (χ0n) is 6.65. The minimum absolute atomic E-state index is 0.0729. The quantitative estimate of drug-likeness (QED) is 0.552. The van der Waals surface area contributed by atoms with Crippen LogP contribution in [0, 0.1) is 0 Å². The van der Waals surface area contributed by atoms with Crippen molar-refractivity contribution in [1.82, 2.24) is 9.97 Å². The Kier molecular flexibility index (Phi) is 2.76. The lowest BCUT2D eigenvalue weighted by Gasteiger charge is -1.98. The molecule has 1 rings (SSSR count). The van der Waals surface area contributed by atoms with Crippen molar-refractivity contribution in [3.8, 4) is 0 Å². The second-order valence-corrected chi connectivity index (χ2v) is 2.41. The highest BCUT2D eigenvalue weighted by Gasteiger charge is 2.04. The summed E-state index contributed by atoms with van der Waals surface area (Å²) in [6, 6.07) is 1.09. The number of rotatable bonds is 3. The number of aliphatic hydroxyl groups excluding tert-OH is 1.